The van der Waals surface area contributed by atoms with Gasteiger partial charge in [-0.2, -0.15) is 0 Å². The molecule has 0 radical (unpaired) electrons. The Hall–Kier alpha value is -2.09. The second-order valence-corrected chi connectivity index (χ2v) is 7.88. The molecular formula is C15H20N2O5S. The minimum absolute atomic E-state index is 0.00864. The first kappa shape index (κ1) is 17.3. The molecule has 1 atom stereocenters. The van der Waals surface area contributed by atoms with Crippen LogP contribution in [0.2, 0.25) is 0 Å². The van der Waals surface area contributed by atoms with Gasteiger partial charge < -0.3 is 4.74 Å². The third kappa shape index (κ3) is 4.69. The molecule has 1 saturated heterocycles. The van der Waals surface area contributed by atoms with Crippen LogP contribution >= 0.6 is 0 Å². The van der Waals surface area contributed by atoms with Gasteiger partial charge in [-0.15, -0.1) is 0 Å². The lowest BCUT2D eigenvalue weighted by molar-refractivity contribution is -0.131. The summed E-state index contributed by atoms with van der Waals surface area (Å²) in [5.74, 6) is -1.15. The third-order valence-corrected chi connectivity index (χ3v) is 5.45. The van der Waals surface area contributed by atoms with E-state index in [0.29, 0.717) is 5.75 Å². The summed E-state index contributed by atoms with van der Waals surface area (Å²) in [6.07, 6.45) is 0.281. The largest absolute Gasteiger partial charge is 0.483 e. The van der Waals surface area contributed by atoms with Crippen molar-refractivity contribution in [2.45, 2.75) is 20.3 Å². The van der Waals surface area contributed by atoms with E-state index in [1.165, 1.54) is 0 Å². The molecule has 0 saturated carbocycles. The number of rotatable bonds is 4. The Kier molecular flexibility index (Phi) is 5.25. The zero-order chi connectivity index (χ0) is 17.0. The molecule has 1 aliphatic rings. The smallest absolute Gasteiger partial charge is 0.276 e. The van der Waals surface area contributed by atoms with E-state index in [1.807, 2.05) is 32.0 Å². The number of sulfone groups is 1. The molecule has 2 amide bonds. The molecule has 23 heavy (non-hydrogen) atoms. The fourth-order valence-electron chi connectivity index (χ4n) is 2.44. The summed E-state index contributed by atoms with van der Waals surface area (Å²) in [6, 6.07) is 5.65. The van der Waals surface area contributed by atoms with Gasteiger partial charge in [-0.1, -0.05) is 18.2 Å². The van der Waals surface area contributed by atoms with E-state index < -0.39 is 27.6 Å². The van der Waals surface area contributed by atoms with Crippen molar-refractivity contribution in [3.63, 3.8) is 0 Å². The van der Waals surface area contributed by atoms with Crippen molar-refractivity contribution in [1.82, 2.24) is 10.9 Å². The van der Waals surface area contributed by atoms with Crippen LogP contribution < -0.4 is 15.6 Å². The quantitative estimate of drug-likeness (QED) is 0.766. The fraction of sp³-hybridized carbons (Fsp3) is 0.467. The average Bonchev–Trinajstić information content (AvgIpc) is 2.84. The molecule has 0 aliphatic carbocycles. The Morgan fingerprint density at radius 3 is 2.43 bits per heavy atom. The van der Waals surface area contributed by atoms with Gasteiger partial charge in [0.2, 0.25) is 5.91 Å². The molecule has 1 aromatic rings. The van der Waals surface area contributed by atoms with Crippen LogP contribution in [0.1, 0.15) is 17.5 Å². The van der Waals surface area contributed by atoms with Gasteiger partial charge in [0.15, 0.2) is 16.4 Å². The van der Waals surface area contributed by atoms with E-state index in [4.69, 9.17) is 4.74 Å². The SMILES string of the molecule is Cc1cccc(C)c1OCC(=O)NNC(=O)[C@H]1CCS(=O)(=O)C1. The number of ether oxygens (including phenoxy) is 1. The molecule has 0 aromatic heterocycles. The van der Waals surface area contributed by atoms with Crippen molar-refractivity contribution in [3.05, 3.63) is 29.3 Å². The second kappa shape index (κ2) is 6.99. The van der Waals surface area contributed by atoms with Gasteiger partial charge in [-0.05, 0) is 31.4 Å². The highest BCUT2D eigenvalue weighted by Gasteiger charge is 2.33. The average molecular weight is 340 g/mol. The molecule has 1 fully saturated rings. The molecule has 0 bridgehead atoms. The Balaban J connectivity index is 1.78. The normalized spacial score (nSPS) is 19.1. The Morgan fingerprint density at radius 2 is 1.87 bits per heavy atom. The zero-order valence-corrected chi connectivity index (χ0v) is 13.9. The highest BCUT2D eigenvalue weighted by Crippen LogP contribution is 2.22. The molecule has 2 rings (SSSR count). The van der Waals surface area contributed by atoms with E-state index in [9.17, 15) is 18.0 Å². The summed E-state index contributed by atoms with van der Waals surface area (Å²) in [5.41, 5.74) is 6.31. The molecule has 0 spiro atoms. The lowest BCUT2D eigenvalue weighted by Crippen LogP contribution is -2.46. The molecule has 126 valence electrons. The standard InChI is InChI=1S/C15H20N2O5S/c1-10-4-3-5-11(2)14(10)22-8-13(18)16-17-15(19)12-6-7-23(20,21)9-12/h3-5,12H,6-9H2,1-2H3,(H,16,18)(H,17,19)/t12-/m0/s1. The number of carbonyl (C=O) groups is 2. The van der Waals surface area contributed by atoms with Gasteiger partial charge in [-0.3, -0.25) is 20.4 Å². The number of aryl methyl sites for hydroxylation is 2. The predicted octanol–water partition coefficient (Wildman–Crippen LogP) is 0.264. The van der Waals surface area contributed by atoms with Crippen LogP contribution in [0, 0.1) is 19.8 Å². The van der Waals surface area contributed by atoms with Gasteiger partial charge in [-0.25, -0.2) is 8.42 Å². The first-order chi connectivity index (χ1) is 10.8. The van der Waals surface area contributed by atoms with Crippen LogP contribution in [0.4, 0.5) is 0 Å². The lowest BCUT2D eigenvalue weighted by atomic mass is 10.1. The highest BCUT2D eigenvalue weighted by atomic mass is 32.2. The van der Waals surface area contributed by atoms with Crippen molar-refractivity contribution >= 4 is 21.7 Å². The predicted molar refractivity (Wildman–Crippen MR) is 84.5 cm³/mol. The van der Waals surface area contributed by atoms with Crippen molar-refractivity contribution in [2.75, 3.05) is 18.1 Å². The van der Waals surface area contributed by atoms with Gasteiger partial charge in [0, 0.05) is 0 Å². The van der Waals surface area contributed by atoms with Gasteiger partial charge in [0.05, 0.1) is 17.4 Å². The Morgan fingerprint density at radius 1 is 1.22 bits per heavy atom. The number of hydrogen-bond donors (Lipinski definition) is 2. The first-order valence-electron chi connectivity index (χ1n) is 7.26. The first-order valence-corrected chi connectivity index (χ1v) is 9.09. The van der Waals surface area contributed by atoms with Gasteiger partial charge in [0.25, 0.3) is 5.91 Å². The maximum Gasteiger partial charge on any atom is 0.276 e. The van der Waals surface area contributed by atoms with Crippen LogP contribution in [-0.2, 0) is 19.4 Å². The van der Waals surface area contributed by atoms with Crippen LogP contribution in [0.15, 0.2) is 18.2 Å². The van der Waals surface area contributed by atoms with Crippen LogP contribution in [-0.4, -0.2) is 38.3 Å². The molecular weight excluding hydrogens is 320 g/mol. The molecule has 1 aliphatic heterocycles. The fourth-order valence-corrected chi connectivity index (χ4v) is 4.18. The van der Waals surface area contributed by atoms with E-state index >= 15 is 0 Å². The lowest BCUT2D eigenvalue weighted by Gasteiger charge is -2.13. The molecule has 2 N–H and O–H groups in total. The Labute approximate surface area is 135 Å². The van der Waals surface area contributed by atoms with Gasteiger partial charge >= 0.3 is 0 Å². The number of hydrazine groups is 1. The van der Waals surface area contributed by atoms with E-state index in [1.54, 1.807) is 0 Å². The number of benzene rings is 1. The monoisotopic (exact) mass is 340 g/mol. The van der Waals surface area contributed by atoms with Crippen molar-refractivity contribution in [2.24, 2.45) is 5.92 Å². The minimum atomic E-state index is -3.13. The second-order valence-electron chi connectivity index (χ2n) is 5.65. The number of hydrogen-bond acceptors (Lipinski definition) is 5. The van der Waals surface area contributed by atoms with Crippen molar-refractivity contribution in [1.29, 1.82) is 0 Å². The van der Waals surface area contributed by atoms with Crippen LogP contribution in [0.3, 0.4) is 0 Å². The molecule has 0 unspecified atom stereocenters. The minimum Gasteiger partial charge on any atom is -0.483 e. The summed E-state index contributed by atoms with van der Waals surface area (Å²) >= 11 is 0. The van der Waals surface area contributed by atoms with E-state index in [0.717, 1.165) is 11.1 Å². The van der Waals surface area contributed by atoms with Gasteiger partial charge in [0.1, 0.15) is 5.75 Å². The molecule has 1 heterocycles. The maximum atomic E-state index is 11.8. The third-order valence-electron chi connectivity index (χ3n) is 3.68. The number of nitrogens with one attached hydrogen (secondary N) is 2. The number of carbonyl (C=O) groups excluding carboxylic acids is 2. The topological polar surface area (TPSA) is 102 Å². The maximum absolute atomic E-state index is 11.8. The molecule has 8 heteroatoms. The zero-order valence-electron chi connectivity index (χ0n) is 13.1. The van der Waals surface area contributed by atoms with Crippen molar-refractivity contribution in [3.8, 4) is 5.75 Å². The summed E-state index contributed by atoms with van der Waals surface area (Å²) in [5, 5.41) is 0. The van der Waals surface area contributed by atoms with Crippen molar-refractivity contribution < 1.29 is 22.7 Å². The summed E-state index contributed by atoms with van der Waals surface area (Å²) in [6.45, 7) is 3.51. The van der Waals surface area contributed by atoms with E-state index in [-0.39, 0.29) is 24.5 Å². The summed E-state index contributed by atoms with van der Waals surface area (Å²) in [7, 11) is -3.13. The summed E-state index contributed by atoms with van der Waals surface area (Å²) in [4.78, 5) is 23.5. The molecule has 7 nitrogen and oxygen atoms in total. The van der Waals surface area contributed by atoms with Crippen LogP contribution in [0.5, 0.6) is 5.75 Å². The van der Waals surface area contributed by atoms with Crippen LogP contribution in [0.25, 0.3) is 0 Å². The highest BCUT2D eigenvalue weighted by molar-refractivity contribution is 7.91. The number of amides is 2. The number of para-hydroxylation sites is 1. The molecule has 1 aromatic carbocycles. The summed E-state index contributed by atoms with van der Waals surface area (Å²) < 4.78 is 28.1. The Bertz CT molecular complexity index is 694. The van der Waals surface area contributed by atoms with E-state index in [2.05, 4.69) is 10.9 Å².